The normalized spacial score (nSPS) is 16.7. The van der Waals surface area contributed by atoms with Crippen LogP contribution in [0.2, 0.25) is 0 Å². The average molecular weight is 409 g/mol. The molecule has 3 rings (SSSR count). The molecule has 2 aromatic carbocycles. The summed E-state index contributed by atoms with van der Waals surface area (Å²) < 4.78 is 38.5. The molecule has 0 saturated heterocycles. The second-order valence-electron chi connectivity index (χ2n) is 6.07. The first-order valence-electron chi connectivity index (χ1n) is 8.16. The smallest absolute Gasteiger partial charge is 0.261 e. The predicted octanol–water partition coefficient (Wildman–Crippen LogP) is 3.18. The first-order chi connectivity index (χ1) is 12.8. The van der Waals surface area contributed by atoms with Crippen LogP contribution < -0.4 is 19.5 Å². The van der Waals surface area contributed by atoms with Gasteiger partial charge in [-0.25, -0.2) is 8.42 Å². The highest BCUT2D eigenvalue weighted by Crippen LogP contribution is 2.35. The van der Waals surface area contributed by atoms with Gasteiger partial charge in [0.1, 0.15) is 11.5 Å². The SMILES string of the molecule is COc1cc(NS(=O)(=O)c2ccc3c(c2)NC(=O)C(C)CS3)cc(OC)c1. The summed E-state index contributed by atoms with van der Waals surface area (Å²) in [5.74, 6) is 1.30. The lowest BCUT2D eigenvalue weighted by Crippen LogP contribution is -2.20. The number of sulfonamides is 1. The van der Waals surface area contributed by atoms with Crippen LogP contribution >= 0.6 is 11.8 Å². The topological polar surface area (TPSA) is 93.7 Å². The number of benzene rings is 2. The fourth-order valence-corrected chi connectivity index (χ4v) is 4.60. The first-order valence-corrected chi connectivity index (χ1v) is 10.6. The number of ether oxygens (including phenoxy) is 2. The standard InChI is InChI=1S/C18H20N2O5S2/c1-11-10-26-17-5-4-15(9-16(17)19-18(11)21)27(22,23)20-12-6-13(24-2)8-14(7-12)25-3/h4-9,11,20H,10H2,1-3H3,(H,19,21). The zero-order valence-corrected chi connectivity index (χ0v) is 16.7. The van der Waals surface area contributed by atoms with Crippen molar-refractivity contribution in [3.63, 3.8) is 0 Å². The molecule has 27 heavy (non-hydrogen) atoms. The zero-order chi connectivity index (χ0) is 19.6. The van der Waals surface area contributed by atoms with E-state index < -0.39 is 10.0 Å². The highest BCUT2D eigenvalue weighted by Gasteiger charge is 2.23. The number of thioether (sulfide) groups is 1. The van der Waals surface area contributed by atoms with Crippen molar-refractivity contribution in [2.45, 2.75) is 16.7 Å². The Balaban J connectivity index is 1.92. The van der Waals surface area contributed by atoms with Gasteiger partial charge in [0.05, 0.1) is 30.5 Å². The third-order valence-corrected chi connectivity index (χ3v) is 6.77. The van der Waals surface area contributed by atoms with E-state index in [0.717, 1.165) is 4.90 Å². The molecule has 144 valence electrons. The quantitative estimate of drug-likeness (QED) is 0.789. The average Bonchev–Trinajstić information content (AvgIpc) is 2.79. The lowest BCUT2D eigenvalue weighted by molar-refractivity contribution is -0.118. The minimum atomic E-state index is -3.86. The summed E-state index contributed by atoms with van der Waals surface area (Å²) in [5, 5.41) is 2.79. The third-order valence-electron chi connectivity index (χ3n) is 4.06. The number of methoxy groups -OCH3 is 2. The zero-order valence-electron chi connectivity index (χ0n) is 15.1. The fraction of sp³-hybridized carbons (Fsp3) is 0.278. The summed E-state index contributed by atoms with van der Waals surface area (Å²) in [7, 11) is -0.887. The third kappa shape index (κ3) is 4.30. The van der Waals surface area contributed by atoms with Crippen LogP contribution in [0.25, 0.3) is 0 Å². The van der Waals surface area contributed by atoms with Gasteiger partial charge in [-0.05, 0) is 18.2 Å². The molecule has 0 bridgehead atoms. The predicted molar refractivity (Wildman–Crippen MR) is 105 cm³/mol. The van der Waals surface area contributed by atoms with E-state index in [-0.39, 0.29) is 16.7 Å². The van der Waals surface area contributed by atoms with Crippen LogP contribution in [-0.4, -0.2) is 34.3 Å². The van der Waals surface area contributed by atoms with E-state index in [0.29, 0.717) is 28.6 Å². The maximum Gasteiger partial charge on any atom is 0.261 e. The van der Waals surface area contributed by atoms with Gasteiger partial charge in [0.25, 0.3) is 10.0 Å². The van der Waals surface area contributed by atoms with E-state index in [4.69, 9.17) is 9.47 Å². The molecule has 0 saturated carbocycles. The molecule has 0 aliphatic carbocycles. The second kappa shape index (κ2) is 7.69. The molecule has 2 N–H and O–H groups in total. The molecule has 0 fully saturated rings. The van der Waals surface area contributed by atoms with E-state index in [9.17, 15) is 13.2 Å². The van der Waals surface area contributed by atoms with Crippen LogP contribution in [0.5, 0.6) is 11.5 Å². The first kappa shape index (κ1) is 19.4. The maximum atomic E-state index is 12.8. The Kier molecular flexibility index (Phi) is 5.52. The Bertz CT molecular complexity index is 953. The van der Waals surface area contributed by atoms with Crippen LogP contribution in [0.15, 0.2) is 46.2 Å². The number of anilines is 2. The second-order valence-corrected chi connectivity index (χ2v) is 8.81. The van der Waals surface area contributed by atoms with E-state index in [1.807, 2.05) is 6.92 Å². The molecular formula is C18H20N2O5S2. The van der Waals surface area contributed by atoms with Crippen molar-refractivity contribution in [3.8, 4) is 11.5 Å². The van der Waals surface area contributed by atoms with Crippen LogP contribution in [0.4, 0.5) is 11.4 Å². The van der Waals surface area contributed by atoms with E-state index >= 15 is 0 Å². The van der Waals surface area contributed by atoms with Crippen LogP contribution in [0.1, 0.15) is 6.92 Å². The van der Waals surface area contributed by atoms with Crippen LogP contribution in [0.3, 0.4) is 0 Å². The van der Waals surface area contributed by atoms with Crippen molar-refractivity contribution in [1.29, 1.82) is 0 Å². The number of fused-ring (bicyclic) bond motifs is 1. The molecule has 1 unspecified atom stereocenters. The molecule has 1 amide bonds. The summed E-state index contributed by atoms with van der Waals surface area (Å²) in [4.78, 5) is 12.9. The van der Waals surface area contributed by atoms with Crippen molar-refractivity contribution < 1.29 is 22.7 Å². The van der Waals surface area contributed by atoms with Gasteiger partial charge in [0.2, 0.25) is 5.91 Å². The molecule has 0 spiro atoms. The largest absolute Gasteiger partial charge is 0.497 e. The van der Waals surface area contributed by atoms with Gasteiger partial charge >= 0.3 is 0 Å². The van der Waals surface area contributed by atoms with Crippen LogP contribution in [0, 0.1) is 5.92 Å². The van der Waals surface area contributed by atoms with Gasteiger partial charge in [-0.1, -0.05) is 6.92 Å². The van der Waals surface area contributed by atoms with Crippen molar-refractivity contribution in [2.24, 2.45) is 5.92 Å². The van der Waals surface area contributed by atoms with E-state index in [2.05, 4.69) is 10.0 Å². The monoisotopic (exact) mass is 408 g/mol. The van der Waals surface area contributed by atoms with Crippen molar-refractivity contribution >= 4 is 39.1 Å². The molecule has 0 radical (unpaired) electrons. The van der Waals surface area contributed by atoms with Gasteiger partial charge in [-0.2, -0.15) is 0 Å². The number of carbonyl (C=O) groups excluding carboxylic acids is 1. The Morgan fingerprint density at radius 1 is 1.11 bits per heavy atom. The number of hydrogen-bond acceptors (Lipinski definition) is 6. The lowest BCUT2D eigenvalue weighted by Gasteiger charge is -2.13. The summed E-state index contributed by atoms with van der Waals surface area (Å²) in [5.41, 5.74) is 0.814. The number of carbonyl (C=O) groups is 1. The number of rotatable bonds is 5. The number of nitrogens with one attached hydrogen (secondary N) is 2. The van der Waals surface area contributed by atoms with Gasteiger partial charge in [-0.15, -0.1) is 11.8 Å². The van der Waals surface area contributed by atoms with Crippen molar-refractivity contribution in [1.82, 2.24) is 0 Å². The Hall–Kier alpha value is -2.39. The Morgan fingerprint density at radius 2 is 1.78 bits per heavy atom. The minimum Gasteiger partial charge on any atom is -0.497 e. The molecule has 1 aliphatic heterocycles. The minimum absolute atomic E-state index is 0.0542. The van der Waals surface area contributed by atoms with Gasteiger partial charge < -0.3 is 14.8 Å². The summed E-state index contributed by atoms with van der Waals surface area (Å²) in [6.45, 7) is 1.84. The van der Waals surface area contributed by atoms with Gasteiger partial charge in [0.15, 0.2) is 0 Å². The number of amides is 1. The van der Waals surface area contributed by atoms with Gasteiger partial charge in [0, 0.05) is 34.8 Å². The summed E-state index contributed by atoms with van der Waals surface area (Å²) in [6, 6.07) is 9.46. The fourth-order valence-electron chi connectivity index (χ4n) is 2.53. The molecule has 9 heteroatoms. The maximum absolute atomic E-state index is 12.8. The van der Waals surface area contributed by atoms with E-state index in [1.54, 1.807) is 24.3 Å². The lowest BCUT2D eigenvalue weighted by atomic mass is 10.2. The van der Waals surface area contributed by atoms with Crippen LogP contribution in [-0.2, 0) is 14.8 Å². The Labute approximate surface area is 162 Å². The van der Waals surface area contributed by atoms with Gasteiger partial charge in [-0.3, -0.25) is 9.52 Å². The summed E-state index contributed by atoms with van der Waals surface area (Å²) in [6.07, 6.45) is 0. The molecular weight excluding hydrogens is 388 g/mol. The molecule has 1 atom stereocenters. The molecule has 0 aromatic heterocycles. The van der Waals surface area contributed by atoms with Crippen molar-refractivity contribution in [3.05, 3.63) is 36.4 Å². The Morgan fingerprint density at radius 3 is 2.41 bits per heavy atom. The number of hydrogen-bond donors (Lipinski definition) is 2. The highest BCUT2D eigenvalue weighted by atomic mass is 32.2. The molecule has 1 heterocycles. The van der Waals surface area contributed by atoms with Crippen molar-refractivity contribution in [2.75, 3.05) is 30.0 Å². The molecule has 7 nitrogen and oxygen atoms in total. The van der Waals surface area contributed by atoms with E-state index in [1.165, 1.54) is 38.1 Å². The highest BCUT2D eigenvalue weighted by molar-refractivity contribution is 7.99. The summed E-state index contributed by atoms with van der Waals surface area (Å²) >= 11 is 1.52. The molecule has 2 aromatic rings. The molecule has 1 aliphatic rings.